The lowest BCUT2D eigenvalue weighted by Crippen LogP contribution is -2.53. The maximum Gasteiger partial charge on any atom is 0.264 e. The number of nitrogens with one attached hydrogen (secondary N) is 1. The average molecular weight is 566 g/mol. The van der Waals surface area contributed by atoms with Gasteiger partial charge in [0.15, 0.2) is 0 Å². The lowest BCUT2D eigenvalue weighted by atomic mass is 10.1. The zero-order chi connectivity index (χ0) is 29.1. The van der Waals surface area contributed by atoms with E-state index in [4.69, 9.17) is 4.74 Å². The van der Waals surface area contributed by atoms with E-state index >= 15 is 0 Å². The number of anilines is 1. The van der Waals surface area contributed by atoms with Crippen molar-refractivity contribution in [1.29, 1.82) is 0 Å². The van der Waals surface area contributed by atoms with Gasteiger partial charge in [-0.15, -0.1) is 0 Å². The van der Waals surface area contributed by atoms with Gasteiger partial charge in [-0.2, -0.15) is 0 Å². The van der Waals surface area contributed by atoms with Crippen molar-refractivity contribution >= 4 is 27.5 Å². The van der Waals surface area contributed by atoms with Crippen molar-refractivity contribution in [1.82, 2.24) is 10.2 Å². The molecule has 1 atom stereocenters. The number of para-hydroxylation sites is 1. The van der Waals surface area contributed by atoms with Crippen LogP contribution >= 0.6 is 0 Å². The molecule has 214 valence electrons. The van der Waals surface area contributed by atoms with Crippen LogP contribution in [0, 0.1) is 5.92 Å². The molecule has 1 N–H and O–H groups in total. The molecule has 0 spiro atoms. The Bertz CT molecular complexity index is 1330. The van der Waals surface area contributed by atoms with E-state index in [1.54, 1.807) is 42.5 Å². The SMILES string of the molecule is CC[C@H](C(=O)NCC(C)C)N(CCc1ccccc1)C(=O)CN(c1ccccc1)S(=O)(=O)c1ccc(OC)cc1. The zero-order valence-corrected chi connectivity index (χ0v) is 24.4. The van der Waals surface area contributed by atoms with E-state index in [1.807, 2.05) is 51.1 Å². The molecule has 0 aliphatic carbocycles. The summed E-state index contributed by atoms with van der Waals surface area (Å²) in [5.74, 6) is 0.0648. The Morgan fingerprint density at radius 2 is 1.50 bits per heavy atom. The van der Waals surface area contributed by atoms with Gasteiger partial charge < -0.3 is 15.0 Å². The highest BCUT2D eigenvalue weighted by Crippen LogP contribution is 2.25. The summed E-state index contributed by atoms with van der Waals surface area (Å²) in [5.41, 5.74) is 1.37. The van der Waals surface area contributed by atoms with E-state index in [2.05, 4.69) is 5.32 Å². The summed E-state index contributed by atoms with van der Waals surface area (Å²) in [6, 6.07) is 23.5. The van der Waals surface area contributed by atoms with Crippen LogP contribution in [-0.2, 0) is 26.0 Å². The van der Waals surface area contributed by atoms with Crippen molar-refractivity contribution in [3.8, 4) is 5.75 Å². The molecule has 0 saturated carbocycles. The van der Waals surface area contributed by atoms with Crippen molar-refractivity contribution in [3.63, 3.8) is 0 Å². The lowest BCUT2D eigenvalue weighted by Gasteiger charge is -2.33. The lowest BCUT2D eigenvalue weighted by molar-refractivity contribution is -0.139. The van der Waals surface area contributed by atoms with Crippen molar-refractivity contribution in [3.05, 3.63) is 90.5 Å². The molecule has 0 aliphatic heterocycles. The summed E-state index contributed by atoms with van der Waals surface area (Å²) < 4.78 is 34.0. The first-order valence-corrected chi connectivity index (χ1v) is 14.9. The highest BCUT2D eigenvalue weighted by molar-refractivity contribution is 7.92. The zero-order valence-electron chi connectivity index (χ0n) is 23.6. The van der Waals surface area contributed by atoms with E-state index < -0.39 is 28.5 Å². The summed E-state index contributed by atoms with van der Waals surface area (Å²) in [7, 11) is -2.62. The Labute approximate surface area is 238 Å². The second-order valence-corrected chi connectivity index (χ2v) is 11.8. The molecule has 0 fully saturated rings. The van der Waals surface area contributed by atoms with Crippen LogP contribution < -0.4 is 14.4 Å². The van der Waals surface area contributed by atoms with Crippen LogP contribution in [0.5, 0.6) is 5.75 Å². The number of amides is 2. The number of hydrogen-bond acceptors (Lipinski definition) is 5. The van der Waals surface area contributed by atoms with Crippen molar-refractivity contribution in [2.24, 2.45) is 5.92 Å². The van der Waals surface area contributed by atoms with Crippen LogP contribution in [-0.4, -0.2) is 57.9 Å². The molecule has 0 saturated heterocycles. The molecule has 9 heteroatoms. The molecule has 40 heavy (non-hydrogen) atoms. The Kier molecular flexibility index (Phi) is 11.1. The third kappa shape index (κ3) is 8.08. The third-order valence-corrected chi connectivity index (χ3v) is 8.31. The normalized spacial score (nSPS) is 12.0. The Morgan fingerprint density at radius 1 is 0.900 bits per heavy atom. The first kappa shape index (κ1) is 30.7. The average Bonchev–Trinajstić information content (AvgIpc) is 2.97. The van der Waals surface area contributed by atoms with E-state index in [9.17, 15) is 18.0 Å². The summed E-state index contributed by atoms with van der Waals surface area (Å²) in [6.07, 6.45) is 0.915. The van der Waals surface area contributed by atoms with Gasteiger partial charge in [-0.25, -0.2) is 8.42 Å². The Morgan fingerprint density at radius 3 is 2.05 bits per heavy atom. The quantitative estimate of drug-likeness (QED) is 0.310. The second-order valence-electron chi connectivity index (χ2n) is 9.91. The van der Waals surface area contributed by atoms with Gasteiger partial charge in [-0.1, -0.05) is 69.3 Å². The number of carbonyl (C=O) groups excluding carboxylic acids is 2. The topological polar surface area (TPSA) is 96.0 Å². The maximum absolute atomic E-state index is 14.0. The largest absolute Gasteiger partial charge is 0.497 e. The summed E-state index contributed by atoms with van der Waals surface area (Å²) >= 11 is 0. The van der Waals surface area contributed by atoms with Crippen LogP contribution in [0.3, 0.4) is 0 Å². The number of hydrogen-bond donors (Lipinski definition) is 1. The minimum absolute atomic E-state index is 0.0301. The molecule has 0 radical (unpaired) electrons. The monoisotopic (exact) mass is 565 g/mol. The molecule has 0 bridgehead atoms. The van der Waals surface area contributed by atoms with E-state index in [1.165, 1.54) is 24.1 Å². The van der Waals surface area contributed by atoms with Crippen LogP contribution in [0.25, 0.3) is 0 Å². The molecular weight excluding hydrogens is 526 g/mol. The predicted molar refractivity (Wildman–Crippen MR) is 158 cm³/mol. The van der Waals surface area contributed by atoms with Gasteiger partial charge in [0.1, 0.15) is 18.3 Å². The van der Waals surface area contributed by atoms with Crippen LogP contribution in [0.15, 0.2) is 89.8 Å². The molecule has 8 nitrogen and oxygen atoms in total. The first-order valence-electron chi connectivity index (χ1n) is 13.5. The fourth-order valence-electron chi connectivity index (χ4n) is 4.32. The minimum Gasteiger partial charge on any atom is -0.497 e. The van der Waals surface area contributed by atoms with Crippen molar-refractivity contribution < 1.29 is 22.7 Å². The standard InChI is InChI=1S/C31H39N3O5S/c1-5-29(31(36)32-22-24(2)3)33(21-20-25-12-8-6-9-13-25)30(35)23-34(26-14-10-7-11-15-26)40(37,38)28-18-16-27(39-4)17-19-28/h6-19,24,29H,5,20-23H2,1-4H3,(H,32,36)/t29-/m1/s1. The van der Waals surface area contributed by atoms with Crippen LogP contribution in [0.4, 0.5) is 5.69 Å². The van der Waals surface area contributed by atoms with Gasteiger partial charge in [0.25, 0.3) is 10.0 Å². The van der Waals surface area contributed by atoms with Crippen LogP contribution in [0.2, 0.25) is 0 Å². The number of carbonyl (C=O) groups is 2. The number of methoxy groups -OCH3 is 1. The highest BCUT2D eigenvalue weighted by atomic mass is 32.2. The van der Waals surface area contributed by atoms with Crippen molar-refractivity contribution in [2.75, 3.05) is 31.0 Å². The summed E-state index contributed by atoms with van der Waals surface area (Å²) in [5, 5.41) is 2.94. The summed E-state index contributed by atoms with van der Waals surface area (Å²) in [4.78, 5) is 28.8. The molecule has 0 aromatic heterocycles. The number of sulfonamides is 1. The van der Waals surface area contributed by atoms with Gasteiger partial charge in [0.2, 0.25) is 11.8 Å². The minimum atomic E-state index is -4.12. The molecule has 3 rings (SSSR count). The van der Waals surface area contributed by atoms with E-state index in [0.29, 0.717) is 30.8 Å². The van der Waals surface area contributed by atoms with Crippen LogP contribution in [0.1, 0.15) is 32.8 Å². The fraction of sp³-hybridized carbons (Fsp3) is 0.355. The number of benzene rings is 3. The molecule has 0 heterocycles. The smallest absolute Gasteiger partial charge is 0.264 e. The first-order chi connectivity index (χ1) is 19.2. The predicted octanol–water partition coefficient (Wildman–Crippen LogP) is 4.51. The number of nitrogens with zero attached hydrogens (tertiary/aromatic N) is 2. The van der Waals surface area contributed by atoms with Gasteiger partial charge in [-0.05, 0) is 60.7 Å². The highest BCUT2D eigenvalue weighted by Gasteiger charge is 2.33. The Hall–Kier alpha value is -3.85. The van der Waals surface area contributed by atoms with Gasteiger partial charge in [-0.3, -0.25) is 13.9 Å². The van der Waals surface area contributed by atoms with Gasteiger partial charge >= 0.3 is 0 Å². The van der Waals surface area contributed by atoms with Gasteiger partial charge in [0.05, 0.1) is 17.7 Å². The molecule has 3 aromatic carbocycles. The Balaban J connectivity index is 1.97. The molecule has 3 aromatic rings. The fourth-order valence-corrected chi connectivity index (χ4v) is 5.73. The van der Waals surface area contributed by atoms with Gasteiger partial charge in [0, 0.05) is 13.1 Å². The number of ether oxygens (including phenoxy) is 1. The molecule has 0 unspecified atom stereocenters. The second kappa shape index (κ2) is 14.5. The van der Waals surface area contributed by atoms with E-state index in [0.717, 1.165) is 9.87 Å². The van der Waals surface area contributed by atoms with Crippen molar-refractivity contribution in [2.45, 2.75) is 44.6 Å². The molecule has 2 amide bonds. The third-order valence-electron chi connectivity index (χ3n) is 6.53. The summed E-state index contributed by atoms with van der Waals surface area (Å²) in [6.45, 7) is 6.15. The molecular formula is C31H39N3O5S. The molecule has 0 aliphatic rings. The maximum atomic E-state index is 14.0. The number of rotatable bonds is 14. The van der Waals surface area contributed by atoms with E-state index in [-0.39, 0.29) is 23.3 Å².